The van der Waals surface area contributed by atoms with Crippen LogP contribution in [0.5, 0.6) is 0 Å². The number of benzene rings is 1. The van der Waals surface area contributed by atoms with Crippen molar-refractivity contribution in [1.82, 2.24) is 18.7 Å². The molecule has 2 aromatic heterocycles. The molecule has 4 rings (SSSR count). The van der Waals surface area contributed by atoms with Crippen molar-refractivity contribution in [3.63, 3.8) is 0 Å². The van der Waals surface area contributed by atoms with Gasteiger partial charge in [0.2, 0.25) is 5.95 Å². The molecule has 3 heterocycles. The standard InChI is InChI=1S/C19H22N6O2/c1-5-13-14(12-10-8-7-9-11-12)21-24(6-2)18-20-16-15(25(13)18)17(26)23(4)19(27)22(16)3/h7-11,13H,5-6H2,1-4H3. The van der Waals surface area contributed by atoms with Crippen molar-refractivity contribution < 1.29 is 0 Å². The fourth-order valence-electron chi connectivity index (χ4n) is 3.69. The molecular formula is C19H22N6O2. The number of hydrogen-bond donors (Lipinski definition) is 0. The van der Waals surface area contributed by atoms with Crippen molar-refractivity contribution in [2.45, 2.75) is 26.3 Å². The summed E-state index contributed by atoms with van der Waals surface area (Å²) in [5.41, 5.74) is 2.00. The van der Waals surface area contributed by atoms with Gasteiger partial charge in [-0.3, -0.25) is 18.5 Å². The molecule has 0 saturated carbocycles. The number of hydrogen-bond acceptors (Lipinski definition) is 5. The minimum absolute atomic E-state index is 0.139. The number of anilines is 1. The van der Waals surface area contributed by atoms with Crippen molar-refractivity contribution in [1.29, 1.82) is 0 Å². The smallest absolute Gasteiger partial charge is 0.293 e. The van der Waals surface area contributed by atoms with E-state index in [4.69, 9.17) is 5.10 Å². The topological polar surface area (TPSA) is 77.4 Å². The molecule has 0 N–H and O–H groups in total. The van der Waals surface area contributed by atoms with Gasteiger partial charge in [0.25, 0.3) is 5.56 Å². The third-order valence-electron chi connectivity index (χ3n) is 5.12. The van der Waals surface area contributed by atoms with Crippen molar-refractivity contribution >= 4 is 22.8 Å². The van der Waals surface area contributed by atoms with E-state index in [2.05, 4.69) is 11.9 Å². The van der Waals surface area contributed by atoms with E-state index in [1.165, 1.54) is 11.6 Å². The fourth-order valence-corrected chi connectivity index (χ4v) is 3.69. The number of aromatic nitrogens is 4. The van der Waals surface area contributed by atoms with Crippen LogP contribution in [-0.2, 0) is 14.1 Å². The van der Waals surface area contributed by atoms with Gasteiger partial charge in [0, 0.05) is 20.6 Å². The number of aryl methyl sites for hydroxylation is 1. The van der Waals surface area contributed by atoms with Crippen LogP contribution in [0, 0.1) is 0 Å². The van der Waals surface area contributed by atoms with Gasteiger partial charge in [0.05, 0.1) is 11.8 Å². The first-order valence-corrected chi connectivity index (χ1v) is 9.08. The first kappa shape index (κ1) is 17.3. The van der Waals surface area contributed by atoms with Gasteiger partial charge in [-0.1, -0.05) is 37.3 Å². The molecule has 0 aliphatic carbocycles. The van der Waals surface area contributed by atoms with E-state index in [0.29, 0.717) is 23.7 Å². The quantitative estimate of drug-likeness (QED) is 0.706. The van der Waals surface area contributed by atoms with Crippen LogP contribution in [0.1, 0.15) is 31.9 Å². The maximum atomic E-state index is 13.0. The van der Waals surface area contributed by atoms with Gasteiger partial charge in [0.15, 0.2) is 11.2 Å². The maximum Gasteiger partial charge on any atom is 0.332 e. The Morgan fingerprint density at radius 3 is 2.37 bits per heavy atom. The summed E-state index contributed by atoms with van der Waals surface area (Å²) in [7, 11) is 3.14. The molecule has 140 valence electrons. The van der Waals surface area contributed by atoms with Gasteiger partial charge in [-0.25, -0.2) is 9.80 Å². The zero-order valence-corrected chi connectivity index (χ0v) is 15.9. The molecule has 8 nitrogen and oxygen atoms in total. The monoisotopic (exact) mass is 366 g/mol. The van der Waals surface area contributed by atoms with Crippen LogP contribution in [0.3, 0.4) is 0 Å². The summed E-state index contributed by atoms with van der Waals surface area (Å²) in [4.78, 5) is 29.9. The number of hydrazone groups is 1. The molecule has 1 atom stereocenters. The van der Waals surface area contributed by atoms with Gasteiger partial charge in [0.1, 0.15) is 0 Å². The first-order chi connectivity index (χ1) is 13.0. The zero-order chi connectivity index (χ0) is 19.3. The van der Waals surface area contributed by atoms with E-state index >= 15 is 0 Å². The van der Waals surface area contributed by atoms with Crippen LogP contribution in [0.2, 0.25) is 0 Å². The molecule has 3 aromatic rings. The SMILES string of the molecule is CCC1C(c2ccccc2)=NN(CC)c2nc3c(c(=O)n(C)c(=O)n3C)n21. The highest BCUT2D eigenvalue weighted by Gasteiger charge is 2.33. The minimum Gasteiger partial charge on any atom is -0.293 e. The summed E-state index contributed by atoms with van der Waals surface area (Å²) >= 11 is 0. The van der Waals surface area contributed by atoms with Crippen LogP contribution in [0.15, 0.2) is 45.0 Å². The average molecular weight is 366 g/mol. The van der Waals surface area contributed by atoms with E-state index in [0.717, 1.165) is 22.3 Å². The normalized spacial score (nSPS) is 16.5. The van der Waals surface area contributed by atoms with Gasteiger partial charge in [-0.2, -0.15) is 10.1 Å². The number of fused-ring (bicyclic) bond motifs is 3. The first-order valence-electron chi connectivity index (χ1n) is 9.08. The van der Waals surface area contributed by atoms with Crippen molar-refractivity contribution in [3.05, 3.63) is 56.7 Å². The molecule has 1 aliphatic rings. The molecule has 0 amide bonds. The molecular weight excluding hydrogens is 344 g/mol. The maximum absolute atomic E-state index is 13.0. The van der Waals surface area contributed by atoms with Gasteiger partial charge in [-0.15, -0.1) is 0 Å². The molecule has 8 heteroatoms. The lowest BCUT2D eigenvalue weighted by molar-refractivity contribution is 0.590. The van der Waals surface area contributed by atoms with Crippen molar-refractivity contribution in [2.75, 3.05) is 11.6 Å². The van der Waals surface area contributed by atoms with Gasteiger partial charge >= 0.3 is 5.69 Å². The number of rotatable bonds is 3. The highest BCUT2D eigenvalue weighted by molar-refractivity contribution is 6.05. The number of imidazole rings is 1. The Kier molecular flexibility index (Phi) is 3.98. The summed E-state index contributed by atoms with van der Waals surface area (Å²) < 4.78 is 4.50. The summed E-state index contributed by atoms with van der Waals surface area (Å²) in [5, 5.41) is 6.62. The van der Waals surface area contributed by atoms with Crippen LogP contribution in [-0.4, -0.2) is 30.9 Å². The van der Waals surface area contributed by atoms with E-state index in [1.54, 1.807) is 12.1 Å². The minimum atomic E-state index is -0.386. The lowest BCUT2D eigenvalue weighted by atomic mass is 10.0. The molecule has 0 spiro atoms. The molecule has 1 aromatic carbocycles. The highest BCUT2D eigenvalue weighted by atomic mass is 16.2. The Hall–Kier alpha value is -3.16. The lowest BCUT2D eigenvalue weighted by Gasteiger charge is -2.31. The summed E-state index contributed by atoms with van der Waals surface area (Å²) in [5.74, 6) is 0.595. The fraction of sp³-hybridized carbons (Fsp3) is 0.368. The molecule has 0 radical (unpaired) electrons. The Balaban J connectivity index is 2.09. The van der Waals surface area contributed by atoms with E-state index < -0.39 is 0 Å². The molecule has 0 bridgehead atoms. The second kappa shape index (κ2) is 6.22. The third-order valence-corrected chi connectivity index (χ3v) is 5.12. The molecule has 27 heavy (non-hydrogen) atoms. The van der Waals surface area contributed by atoms with E-state index in [1.807, 2.05) is 41.8 Å². The second-order valence-corrected chi connectivity index (χ2v) is 6.65. The molecule has 1 unspecified atom stereocenters. The highest BCUT2D eigenvalue weighted by Crippen LogP contribution is 2.33. The molecule has 0 saturated heterocycles. The molecule has 0 fully saturated rings. The van der Waals surface area contributed by atoms with Crippen LogP contribution in [0.25, 0.3) is 11.2 Å². The van der Waals surface area contributed by atoms with Crippen LogP contribution >= 0.6 is 0 Å². The predicted octanol–water partition coefficient (Wildman–Crippen LogP) is 1.63. The molecule has 1 aliphatic heterocycles. The average Bonchev–Trinajstić information content (AvgIpc) is 3.10. The van der Waals surface area contributed by atoms with E-state index in [9.17, 15) is 9.59 Å². The number of nitrogens with zero attached hydrogens (tertiary/aromatic N) is 6. The van der Waals surface area contributed by atoms with Crippen molar-refractivity contribution in [3.8, 4) is 0 Å². The second-order valence-electron chi connectivity index (χ2n) is 6.65. The Bertz CT molecular complexity index is 1170. The van der Waals surface area contributed by atoms with Gasteiger partial charge in [-0.05, 0) is 18.9 Å². The van der Waals surface area contributed by atoms with E-state index in [-0.39, 0.29) is 17.3 Å². The largest absolute Gasteiger partial charge is 0.332 e. The summed E-state index contributed by atoms with van der Waals surface area (Å²) in [6, 6.07) is 9.83. The zero-order valence-electron chi connectivity index (χ0n) is 15.9. The summed E-state index contributed by atoms with van der Waals surface area (Å²) in [6.45, 7) is 4.65. The van der Waals surface area contributed by atoms with Gasteiger partial charge < -0.3 is 0 Å². The van der Waals surface area contributed by atoms with Crippen LogP contribution < -0.4 is 16.3 Å². The predicted molar refractivity (Wildman–Crippen MR) is 106 cm³/mol. The summed E-state index contributed by atoms with van der Waals surface area (Å²) in [6.07, 6.45) is 0.746. The third kappa shape index (κ3) is 2.36. The lowest BCUT2D eigenvalue weighted by Crippen LogP contribution is -2.39. The Morgan fingerprint density at radius 2 is 1.74 bits per heavy atom. The van der Waals surface area contributed by atoms with Crippen molar-refractivity contribution in [2.24, 2.45) is 19.2 Å². The Labute approximate surface area is 156 Å². The van der Waals surface area contributed by atoms with Crippen LogP contribution in [0.4, 0.5) is 5.95 Å². The Morgan fingerprint density at radius 1 is 1.04 bits per heavy atom.